The molecule has 0 aromatic heterocycles. The zero-order valence-corrected chi connectivity index (χ0v) is 5.28. The minimum Gasteiger partial charge on any atom is -0.306 e. The fraction of sp³-hybridized carbons (Fsp3) is 1.00. The van der Waals surface area contributed by atoms with Crippen molar-refractivity contribution in [1.82, 2.24) is 5.32 Å². The summed E-state index contributed by atoms with van der Waals surface area (Å²) in [4.78, 5) is 0. The Morgan fingerprint density at radius 3 is 2.14 bits per heavy atom. The van der Waals surface area contributed by atoms with Crippen molar-refractivity contribution in [1.29, 1.82) is 0 Å². The van der Waals surface area contributed by atoms with Crippen LogP contribution in [0, 0.1) is 0 Å². The Morgan fingerprint density at radius 1 is 1.71 bits per heavy atom. The molecule has 1 aliphatic rings. The summed E-state index contributed by atoms with van der Waals surface area (Å²) < 4.78 is 0. The van der Waals surface area contributed by atoms with Crippen LogP contribution in [0.5, 0.6) is 0 Å². The highest BCUT2D eigenvalue weighted by Crippen LogP contribution is 2.27. The maximum absolute atomic E-state index is 3.36. The van der Waals surface area contributed by atoms with Gasteiger partial charge >= 0.3 is 0 Å². The van der Waals surface area contributed by atoms with Gasteiger partial charge < -0.3 is 5.32 Å². The van der Waals surface area contributed by atoms with Crippen LogP contribution in [0.4, 0.5) is 0 Å². The smallest absolute Gasteiger partial charge is 0.0304 e. The van der Waals surface area contributed by atoms with Crippen molar-refractivity contribution >= 4 is 0 Å². The first-order valence-electron chi connectivity index (χ1n) is 2.97. The van der Waals surface area contributed by atoms with Crippen LogP contribution >= 0.6 is 0 Å². The van der Waals surface area contributed by atoms with Crippen molar-refractivity contribution in [3.05, 3.63) is 0 Å². The van der Waals surface area contributed by atoms with E-state index in [9.17, 15) is 0 Å². The summed E-state index contributed by atoms with van der Waals surface area (Å²) in [7, 11) is 0. The van der Waals surface area contributed by atoms with Crippen molar-refractivity contribution in [2.24, 2.45) is 0 Å². The summed E-state index contributed by atoms with van der Waals surface area (Å²) >= 11 is 0. The topological polar surface area (TPSA) is 21.9 Å². The lowest BCUT2D eigenvalue weighted by atomic mass is 10.1. The van der Waals surface area contributed by atoms with E-state index in [4.69, 9.17) is 0 Å². The molecule has 1 rings (SSSR count). The summed E-state index contributed by atoms with van der Waals surface area (Å²) in [6, 6.07) is 0.762. The maximum Gasteiger partial charge on any atom is 0.0304 e. The van der Waals surface area contributed by atoms with Crippen molar-refractivity contribution in [2.45, 2.75) is 38.8 Å². The van der Waals surface area contributed by atoms with E-state index in [2.05, 4.69) is 26.1 Å². The number of hydrogen-bond donors (Lipinski definition) is 1. The lowest BCUT2D eigenvalue weighted by Gasteiger charge is -1.97. The number of hydrogen-bond acceptors (Lipinski definition) is 1. The van der Waals surface area contributed by atoms with Crippen molar-refractivity contribution in [3.63, 3.8) is 0 Å². The van der Waals surface area contributed by atoms with Gasteiger partial charge in [0.15, 0.2) is 0 Å². The predicted octanol–water partition coefficient (Wildman–Crippen LogP) is 1.15. The van der Waals surface area contributed by atoms with E-state index in [1.807, 2.05) is 0 Å². The van der Waals surface area contributed by atoms with Gasteiger partial charge in [-0.1, -0.05) is 6.92 Å². The first-order valence-corrected chi connectivity index (χ1v) is 2.97. The van der Waals surface area contributed by atoms with Crippen LogP contribution in [0.1, 0.15) is 27.2 Å². The minimum absolute atomic E-state index is 0.500. The van der Waals surface area contributed by atoms with Crippen molar-refractivity contribution in [2.75, 3.05) is 0 Å². The summed E-state index contributed by atoms with van der Waals surface area (Å²) in [6.45, 7) is 6.71. The third-order valence-electron chi connectivity index (χ3n) is 2.15. The second-order valence-corrected chi connectivity index (χ2v) is 2.64. The minimum atomic E-state index is 0.500. The van der Waals surface area contributed by atoms with Gasteiger partial charge in [0.25, 0.3) is 0 Å². The Hall–Kier alpha value is -0.0400. The Bertz CT molecular complexity index is 76.2. The highest BCUT2D eigenvalue weighted by molar-refractivity contribution is 5.07. The van der Waals surface area contributed by atoms with Gasteiger partial charge in [-0.15, -0.1) is 0 Å². The molecule has 0 spiro atoms. The molecule has 7 heavy (non-hydrogen) atoms. The standard InChI is InChI=1S/C6H13N/c1-4-6(3)5(2)7-6/h5,7H,4H2,1-3H3/t5-,6-/m1/s1. The van der Waals surface area contributed by atoms with Crippen LogP contribution in [-0.4, -0.2) is 11.6 Å². The predicted molar refractivity (Wildman–Crippen MR) is 31.3 cm³/mol. The third-order valence-corrected chi connectivity index (χ3v) is 2.15. The van der Waals surface area contributed by atoms with Crippen LogP contribution in [0.2, 0.25) is 0 Å². The molecule has 0 saturated carbocycles. The molecule has 1 nitrogen and oxygen atoms in total. The summed E-state index contributed by atoms with van der Waals surface area (Å²) in [5.41, 5.74) is 0.500. The average Bonchev–Trinajstić information content (AvgIpc) is 2.18. The summed E-state index contributed by atoms with van der Waals surface area (Å²) in [5, 5.41) is 3.36. The van der Waals surface area contributed by atoms with Gasteiger partial charge in [0, 0.05) is 11.6 Å². The molecule has 0 aliphatic carbocycles. The van der Waals surface area contributed by atoms with E-state index in [1.54, 1.807) is 0 Å². The lowest BCUT2D eigenvalue weighted by molar-refractivity contribution is 0.647. The fourth-order valence-electron chi connectivity index (χ4n) is 0.861. The van der Waals surface area contributed by atoms with Crippen molar-refractivity contribution in [3.8, 4) is 0 Å². The molecule has 1 aliphatic heterocycles. The largest absolute Gasteiger partial charge is 0.306 e. The molecule has 1 fully saturated rings. The van der Waals surface area contributed by atoms with Gasteiger partial charge in [-0.2, -0.15) is 0 Å². The molecule has 1 heterocycles. The molecule has 42 valence electrons. The molecular weight excluding hydrogens is 86.1 g/mol. The summed E-state index contributed by atoms with van der Waals surface area (Å²) in [5.74, 6) is 0. The average molecular weight is 99.2 g/mol. The SMILES string of the molecule is CC[C@@]1(C)N[C@@H]1C. The number of rotatable bonds is 1. The van der Waals surface area contributed by atoms with E-state index < -0.39 is 0 Å². The first-order chi connectivity index (χ1) is 3.19. The molecule has 1 heteroatoms. The zero-order chi connectivity index (χ0) is 5.49. The zero-order valence-electron chi connectivity index (χ0n) is 5.28. The molecule has 0 aromatic rings. The molecule has 0 radical (unpaired) electrons. The highest BCUT2D eigenvalue weighted by Gasteiger charge is 2.43. The quantitative estimate of drug-likeness (QED) is 0.489. The van der Waals surface area contributed by atoms with Gasteiger partial charge in [0.05, 0.1) is 0 Å². The molecule has 1 N–H and O–H groups in total. The van der Waals surface area contributed by atoms with E-state index in [1.165, 1.54) is 6.42 Å². The Labute approximate surface area is 45.1 Å². The van der Waals surface area contributed by atoms with E-state index >= 15 is 0 Å². The molecule has 0 bridgehead atoms. The van der Waals surface area contributed by atoms with Gasteiger partial charge in [-0.05, 0) is 20.3 Å². The lowest BCUT2D eigenvalue weighted by Crippen LogP contribution is -2.07. The Morgan fingerprint density at radius 2 is 2.14 bits per heavy atom. The van der Waals surface area contributed by atoms with E-state index in [0.717, 1.165) is 6.04 Å². The Kier molecular flexibility index (Phi) is 0.890. The molecular formula is C6H13N. The second-order valence-electron chi connectivity index (χ2n) is 2.64. The van der Waals surface area contributed by atoms with Crippen LogP contribution in [-0.2, 0) is 0 Å². The van der Waals surface area contributed by atoms with Crippen molar-refractivity contribution < 1.29 is 0 Å². The third kappa shape index (κ3) is 0.653. The van der Waals surface area contributed by atoms with Crippen LogP contribution in [0.15, 0.2) is 0 Å². The Balaban J connectivity index is 2.36. The van der Waals surface area contributed by atoms with Gasteiger partial charge in [0.2, 0.25) is 0 Å². The van der Waals surface area contributed by atoms with E-state index in [-0.39, 0.29) is 0 Å². The fourth-order valence-corrected chi connectivity index (χ4v) is 0.861. The molecule has 1 saturated heterocycles. The van der Waals surface area contributed by atoms with Crippen LogP contribution in [0.3, 0.4) is 0 Å². The highest BCUT2D eigenvalue weighted by atomic mass is 15.2. The van der Waals surface area contributed by atoms with Gasteiger partial charge in [0.1, 0.15) is 0 Å². The second kappa shape index (κ2) is 1.22. The normalized spacial score (nSPS) is 49.3. The van der Waals surface area contributed by atoms with Crippen LogP contribution < -0.4 is 5.32 Å². The monoisotopic (exact) mass is 99.1 g/mol. The van der Waals surface area contributed by atoms with Gasteiger partial charge in [-0.25, -0.2) is 0 Å². The van der Waals surface area contributed by atoms with Gasteiger partial charge in [-0.3, -0.25) is 0 Å². The maximum atomic E-state index is 3.36. The van der Waals surface area contributed by atoms with Crippen LogP contribution in [0.25, 0.3) is 0 Å². The molecule has 0 aromatic carbocycles. The summed E-state index contributed by atoms with van der Waals surface area (Å²) in [6.07, 6.45) is 1.26. The molecule has 0 amide bonds. The molecule has 0 unspecified atom stereocenters. The first kappa shape index (κ1) is 5.10. The molecule has 2 atom stereocenters. The number of nitrogens with one attached hydrogen (secondary N) is 1. The van der Waals surface area contributed by atoms with E-state index in [0.29, 0.717) is 5.54 Å².